The van der Waals surface area contributed by atoms with E-state index in [0.717, 1.165) is 24.0 Å². The summed E-state index contributed by atoms with van der Waals surface area (Å²) in [6.45, 7) is 0.00456. The van der Waals surface area contributed by atoms with Gasteiger partial charge >= 0.3 is 0 Å². The van der Waals surface area contributed by atoms with Crippen molar-refractivity contribution in [2.75, 3.05) is 13.7 Å². The van der Waals surface area contributed by atoms with Crippen LogP contribution in [0.25, 0.3) is 0 Å². The molecule has 1 fully saturated rings. The van der Waals surface area contributed by atoms with E-state index in [2.05, 4.69) is 10.6 Å². The average Bonchev–Trinajstić information content (AvgIpc) is 3.49. The Bertz CT molecular complexity index is 757. The van der Waals surface area contributed by atoms with E-state index in [-0.39, 0.29) is 30.3 Å². The van der Waals surface area contributed by atoms with Gasteiger partial charge in [-0.3, -0.25) is 9.59 Å². The van der Waals surface area contributed by atoms with E-state index in [1.165, 1.54) is 0 Å². The molecule has 0 aliphatic heterocycles. The molecule has 2 amide bonds. The van der Waals surface area contributed by atoms with Gasteiger partial charge in [0.05, 0.1) is 19.6 Å². The summed E-state index contributed by atoms with van der Waals surface area (Å²) in [6.07, 6.45) is 2.62. The molecular formula is C21H24N2O3. The number of hydrogen-bond acceptors (Lipinski definition) is 3. The average molecular weight is 352 g/mol. The molecule has 0 spiro atoms. The summed E-state index contributed by atoms with van der Waals surface area (Å²) in [4.78, 5) is 24.7. The first-order valence-corrected chi connectivity index (χ1v) is 8.90. The third kappa shape index (κ3) is 5.09. The molecule has 5 nitrogen and oxygen atoms in total. The van der Waals surface area contributed by atoms with Crippen molar-refractivity contribution in [1.29, 1.82) is 0 Å². The molecule has 1 aliphatic carbocycles. The van der Waals surface area contributed by atoms with Crippen LogP contribution in [-0.4, -0.2) is 31.5 Å². The van der Waals surface area contributed by atoms with Crippen LogP contribution in [0.3, 0.4) is 0 Å². The minimum atomic E-state index is -0.388. The molecule has 0 bridgehead atoms. The van der Waals surface area contributed by atoms with Crippen LogP contribution in [0.15, 0.2) is 54.6 Å². The fraction of sp³-hybridized carbons (Fsp3) is 0.333. The van der Waals surface area contributed by atoms with Gasteiger partial charge in [-0.05, 0) is 42.5 Å². The van der Waals surface area contributed by atoms with Crippen LogP contribution in [0.1, 0.15) is 29.9 Å². The van der Waals surface area contributed by atoms with Crippen molar-refractivity contribution in [2.24, 2.45) is 0 Å². The Balaban J connectivity index is 1.72. The van der Waals surface area contributed by atoms with Crippen molar-refractivity contribution < 1.29 is 14.3 Å². The molecule has 1 unspecified atom stereocenters. The number of rotatable bonds is 8. The van der Waals surface area contributed by atoms with Crippen LogP contribution in [0, 0.1) is 0 Å². The number of carbonyl (C=O) groups is 2. The molecule has 136 valence electrons. The fourth-order valence-electron chi connectivity index (χ4n) is 2.87. The van der Waals surface area contributed by atoms with Gasteiger partial charge in [0.25, 0.3) is 0 Å². The molecule has 5 heteroatoms. The molecule has 1 aliphatic rings. The minimum absolute atomic E-state index is 0.00456. The lowest BCUT2D eigenvalue weighted by Crippen LogP contribution is -2.40. The predicted octanol–water partition coefficient (Wildman–Crippen LogP) is 2.42. The lowest BCUT2D eigenvalue weighted by atomic mass is 9.91. The van der Waals surface area contributed by atoms with E-state index in [9.17, 15) is 9.59 Å². The van der Waals surface area contributed by atoms with Crippen LogP contribution in [0.4, 0.5) is 0 Å². The second-order valence-corrected chi connectivity index (χ2v) is 6.58. The van der Waals surface area contributed by atoms with Crippen molar-refractivity contribution in [3.63, 3.8) is 0 Å². The highest BCUT2D eigenvalue weighted by Gasteiger charge is 2.25. The third-order valence-electron chi connectivity index (χ3n) is 4.46. The molecule has 1 atom stereocenters. The zero-order valence-corrected chi connectivity index (χ0v) is 14.9. The number of methoxy groups -OCH3 is 1. The van der Waals surface area contributed by atoms with Crippen molar-refractivity contribution in [1.82, 2.24) is 10.6 Å². The maximum absolute atomic E-state index is 12.8. The molecule has 0 radical (unpaired) electrons. The minimum Gasteiger partial charge on any atom is -0.497 e. The van der Waals surface area contributed by atoms with E-state index in [1.807, 2.05) is 54.6 Å². The monoisotopic (exact) mass is 352 g/mol. The smallest absolute Gasteiger partial charge is 0.239 e. The Kier molecular flexibility index (Phi) is 5.89. The normalized spacial score (nSPS) is 14.3. The molecule has 26 heavy (non-hydrogen) atoms. The Morgan fingerprint density at radius 3 is 2.58 bits per heavy atom. The highest BCUT2D eigenvalue weighted by molar-refractivity contribution is 5.88. The molecule has 0 aromatic heterocycles. The molecule has 0 saturated heterocycles. The van der Waals surface area contributed by atoms with Crippen LogP contribution < -0.4 is 15.4 Å². The zero-order chi connectivity index (χ0) is 18.4. The van der Waals surface area contributed by atoms with Gasteiger partial charge in [-0.1, -0.05) is 42.5 Å². The number of hydrogen-bond donors (Lipinski definition) is 2. The zero-order valence-electron chi connectivity index (χ0n) is 14.9. The first-order valence-electron chi connectivity index (χ1n) is 8.90. The molecule has 2 N–H and O–H groups in total. The summed E-state index contributed by atoms with van der Waals surface area (Å²) in [7, 11) is 1.60. The summed E-state index contributed by atoms with van der Waals surface area (Å²) in [5, 5.41) is 5.66. The number of carbonyl (C=O) groups excluding carboxylic acids is 2. The quantitative estimate of drug-likeness (QED) is 0.767. The molecule has 1 saturated carbocycles. The maximum atomic E-state index is 12.8. The Morgan fingerprint density at radius 1 is 1.12 bits per heavy atom. The second kappa shape index (κ2) is 8.52. The summed E-state index contributed by atoms with van der Waals surface area (Å²) in [5.74, 6) is 0.0269. The predicted molar refractivity (Wildman–Crippen MR) is 100 cm³/mol. The number of ether oxygens (including phenoxy) is 1. The van der Waals surface area contributed by atoms with Gasteiger partial charge in [-0.2, -0.15) is 0 Å². The molecule has 2 aromatic carbocycles. The van der Waals surface area contributed by atoms with Gasteiger partial charge in [0.2, 0.25) is 11.8 Å². The van der Waals surface area contributed by atoms with E-state index in [0.29, 0.717) is 12.2 Å². The Morgan fingerprint density at radius 2 is 1.88 bits per heavy atom. The van der Waals surface area contributed by atoms with Gasteiger partial charge in [-0.25, -0.2) is 0 Å². The highest BCUT2D eigenvalue weighted by Crippen LogP contribution is 2.25. The maximum Gasteiger partial charge on any atom is 0.239 e. The standard InChI is InChI=1S/C21H24N2O3/c1-26-18-9-5-8-16(13-18)19(12-15-6-3-2-4-7-15)21(25)22-14-20(24)23-17-10-11-17/h2-9,13,17,19H,10-12,14H2,1H3,(H,22,25)(H,23,24). The second-order valence-electron chi connectivity index (χ2n) is 6.58. The Hall–Kier alpha value is -2.82. The van der Waals surface area contributed by atoms with E-state index >= 15 is 0 Å². The summed E-state index contributed by atoms with van der Waals surface area (Å²) >= 11 is 0. The van der Waals surface area contributed by atoms with Crippen molar-refractivity contribution in [3.05, 3.63) is 65.7 Å². The van der Waals surface area contributed by atoms with E-state index in [1.54, 1.807) is 7.11 Å². The topological polar surface area (TPSA) is 67.4 Å². The van der Waals surface area contributed by atoms with Crippen molar-refractivity contribution in [3.8, 4) is 5.75 Å². The summed E-state index contributed by atoms with van der Waals surface area (Å²) < 4.78 is 5.29. The highest BCUT2D eigenvalue weighted by atomic mass is 16.5. The van der Waals surface area contributed by atoms with Crippen molar-refractivity contribution >= 4 is 11.8 Å². The van der Waals surface area contributed by atoms with Crippen LogP contribution in [-0.2, 0) is 16.0 Å². The van der Waals surface area contributed by atoms with E-state index < -0.39 is 0 Å². The van der Waals surface area contributed by atoms with E-state index in [4.69, 9.17) is 4.74 Å². The van der Waals surface area contributed by atoms with Crippen LogP contribution >= 0.6 is 0 Å². The Labute approximate surface area is 153 Å². The van der Waals surface area contributed by atoms with Gasteiger partial charge in [0, 0.05) is 6.04 Å². The fourth-order valence-corrected chi connectivity index (χ4v) is 2.87. The third-order valence-corrected chi connectivity index (χ3v) is 4.46. The summed E-state index contributed by atoms with van der Waals surface area (Å²) in [5.41, 5.74) is 1.94. The number of nitrogens with one attached hydrogen (secondary N) is 2. The van der Waals surface area contributed by atoms with Crippen LogP contribution in [0.5, 0.6) is 5.75 Å². The van der Waals surface area contributed by atoms with Gasteiger partial charge in [-0.15, -0.1) is 0 Å². The van der Waals surface area contributed by atoms with Gasteiger partial charge in [0.1, 0.15) is 5.75 Å². The largest absolute Gasteiger partial charge is 0.497 e. The molecule has 0 heterocycles. The SMILES string of the molecule is COc1cccc(C(Cc2ccccc2)C(=O)NCC(=O)NC2CC2)c1. The molecule has 3 rings (SSSR count). The van der Waals surface area contributed by atoms with Gasteiger partial charge in [0.15, 0.2) is 0 Å². The van der Waals surface area contributed by atoms with Crippen molar-refractivity contribution in [2.45, 2.75) is 31.2 Å². The number of benzene rings is 2. The van der Waals surface area contributed by atoms with Gasteiger partial charge < -0.3 is 15.4 Å². The first-order chi connectivity index (χ1) is 12.7. The molecule has 2 aromatic rings. The number of amides is 2. The lowest BCUT2D eigenvalue weighted by molar-refractivity contribution is -0.127. The summed E-state index contributed by atoms with van der Waals surface area (Å²) in [6, 6.07) is 17.7. The first kappa shape index (κ1) is 18.0. The lowest BCUT2D eigenvalue weighted by Gasteiger charge is -2.18. The van der Waals surface area contributed by atoms with Crippen LogP contribution in [0.2, 0.25) is 0 Å². The molecular weight excluding hydrogens is 328 g/mol.